The number of methoxy groups -OCH3 is 1. The maximum absolute atomic E-state index is 5.58. The second-order valence-corrected chi connectivity index (χ2v) is 4.49. The highest BCUT2D eigenvalue weighted by molar-refractivity contribution is 5.88. The van der Waals surface area contributed by atoms with Crippen LogP contribution in [0.5, 0.6) is 5.75 Å². The van der Waals surface area contributed by atoms with Crippen molar-refractivity contribution in [2.75, 3.05) is 13.7 Å². The van der Waals surface area contributed by atoms with Gasteiger partial charge in [0.05, 0.1) is 12.6 Å². The third-order valence-corrected chi connectivity index (χ3v) is 3.17. The number of nitrogens with two attached hydrogens (primary N) is 1. The Morgan fingerprint density at radius 2 is 2.00 bits per heavy atom. The Labute approximate surface area is 102 Å². The smallest absolute Gasteiger partial charge is 0.119 e. The van der Waals surface area contributed by atoms with E-state index < -0.39 is 0 Å². The van der Waals surface area contributed by atoms with Crippen molar-refractivity contribution in [3.63, 3.8) is 0 Å². The topological polar surface area (TPSA) is 40.2 Å². The van der Waals surface area contributed by atoms with Crippen molar-refractivity contribution < 1.29 is 4.74 Å². The van der Waals surface area contributed by atoms with Crippen LogP contribution in [-0.4, -0.2) is 18.2 Å². The largest absolute Gasteiger partial charge is 0.497 e. The zero-order chi connectivity index (χ0) is 12.4. The summed E-state index contributed by atoms with van der Waals surface area (Å²) in [7, 11) is 1.71. The summed E-state index contributed by atoms with van der Waals surface area (Å²) in [6.45, 7) is 5.98. The van der Waals surface area contributed by atoms with E-state index in [1.165, 1.54) is 22.0 Å². The lowest BCUT2D eigenvalue weighted by atomic mass is 10.1. The van der Waals surface area contributed by atoms with E-state index in [0.29, 0.717) is 0 Å². The number of aromatic nitrogens is 1. The highest BCUT2D eigenvalue weighted by Gasteiger charge is 2.09. The molecule has 2 rings (SSSR count). The Bertz CT molecular complexity index is 528. The van der Waals surface area contributed by atoms with Crippen LogP contribution in [0.1, 0.15) is 17.5 Å². The van der Waals surface area contributed by atoms with Gasteiger partial charge in [-0.1, -0.05) is 0 Å². The SMILES string of the molecule is COc1cc(C)c2c(c1)c(C)cn2CCCN. The quantitative estimate of drug-likeness (QED) is 0.880. The zero-order valence-corrected chi connectivity index (χ0v) is 10.8. The molecule has 2 N–H and O–H groups in total. The van der Waals surface area contributed by atoms with Crippen LogP contribution >= 0.6 is 0 Å². The first-order chi connectivity index (χ1) is 8.17. The van der Waals surface area contributed by atoms with Crippen molar-refractivity contribution >= 4 is 10.9 Å². The summed E-state index contributed by atoms with van der Waals surface area (Å²) < 4.78 is 7.62. The number of ether oxygens (including phenoxy) is 1. The van der Waals surface area contributed by atoms with Crippen LogP contribution in [0.3, 0.4) is 0 Å². The Morgan fingerprint density at radius 1 is 1.24 bits per heavy atom. The van der Waals surface area contributed by atoms with Crippen LogP contribution in [0.15, 0.2) is 18.3 Å². The Morgan fingerprint density at radius 3 is 2.65 bits per heavy atom. The molecule has 0 atom stereocenters. The molecule has 0 aliphatic heterocycles. The molecule has 3 nitrogen and oxygen atoms in total. The number of nitrogens with zero attached hydrogens (tertiary/aromatic N) is 1. The first kappa shape index (κ1) is 12.0. The van der Waals surface area contributed by atoms with Gasteiger partial charge in [-0.05, 0) is 50.1 Å². The highest BCUT2D eigenvalue weighted by atomic mass is 16.5. The molecule has 0 aliphatic carbocycles. The standard InChI is InChI=1S/C14H20N2O/c1-10-7-12(17-3)8-13-11(2)9-16(14(10)13)6-4-5-15/h7-9H,4-6,15H2,1-3H3. The van der Waals surface area contributed by atoms with E-state index >= 15 is 0 Å². The summed E-state index contributed by atoms with van der Waals surface area (Å²) in [6, 6.07) is 4.19. The van der Waals surface area contributed by atoms with Gasteiger partial charge >= 0.3 is 0 Å². The lowest BCUT2D eigenvalue weighted by Gasteiger charge is -2.08. The monoisotopic (exact) mass is 232 g/mol. The Kier molecular flexibility index (Phi) is 3.38. The number of fused-ring (bicyclic) bond motifs is 1. The van der Waals surface area contributed by atoms with Crippen molar-refractivity contribution in [2.24, 2.45) is 5.73 Å². The molecule has 0 unspecified atom stereocenters. The van der Waals surface area contributed by atoms with Crippen molar-refractivity contribution in [3.8, 4) is 5.75 Å². The van der Waals surface area contributed by atoms with E-state index in [1.807, 2.05) is 0 Å². The molecule has 92 valence electrons. The predicted octanol–water partition coefficient (Wildman–Crippen LogP) is 2.62. The molecule has 17 heavy (non-hydrogen) atoms. The number of aryl methyl sites for hydroxylation is 3. The lowest BCUT2D eigenvalue weighted by molar-refractivity contribution is 0.415. The summed E-state index contributed by atoms with van der Waals surface area (Å²) in [4.78, 5) is 0. The van der Waals surface area contributed by atoms with E-state index in [2.05, 4.69) is 36.7 Å². The van der Waals surface area contributed by atoms with E-state index in [1.54, 1.807) is 7.11 Å². The Balaban J connectivity index is 2.57. The van der Waals surface area contributed by atoms with Crippen molar-refractivity contribution in [3.05, 3.63) is 29.5 Å². The van der Waals surface area contributed by atoms with Gasteiger partial charge in [0.1, 0.15) is 5.75 Å². The molecule has 1 heterocycles. The fraction of sp³-hybridized carbons (Fsp3) is 0.429. The van der Waals surface area contributed by atoms with Crippen LogP contribution in [0.4, 0.5) is 0 Å². The van der Waals surface area contributed by atoms with Gasteiger partial charge in [-0.15, -0.1) is 0 Å². The third-order valence-electron chi connectivity index (χ3n) is 3.17. The molecule has 0 aliphatic rings. The van der Waals surface area contributed by atoms with Crippen LogP contribution in [0.2, 0.25) is 0 Å². The number of hydrogen-bond acceptors (Lipinski definition) is 2. The molecule has 0 saturated carbocycles. The van der Waals surface area contributed by atoms with Gasteiger partial charge in [-0.3, -0.25) is 0 Å². The fourth-order valence-corrected chi connectivity index (χ4v) is 2.35. The average molecular weight is 232 g/mol. The first-order valence-electron chi connectivity index (χ1n) is 6.01. The van der Waals surface area contributed by atoms with Gasteiger partial charge in [-0.2, -0.15) is 0 Å². The van der Waals surface area contributed by atoms with E-state index in [-0.39, 0.29) is 0 Å². The normalized spacial score (nSPS) is 11.1. The minimum absolute atomic E-state index is 0.730. The van der Waals surface area contributed by atoms with Gasteiger partial charge in [0.15, 0.2) is 0 Å². The summed E-state index contributed by atoms with van der Waals surface area (Å²) in [5.74, 6) is 0.926. The minimum atomic E-state index is 0.730. The zero-order valence-electron chi connectivity index (χ0n) is 10.8. The van der Waals surface area contributed by atoms with Gasteiger partial charge in [0.2, 0.25) is 0 Å². The molecule has 0 saturated heterocycles. The second-order valence-electron chi connectivity index (χ2n) is 4.49. The number of rotatable bonds is 4. The molecule has 2 aromatic rings. The van der Waals surface area contributed by atoms with Crippen molar-refractivity contribution in [2.45, 2.75) is 26.8 Å². The van der Waals surface area contributed by atoms with Crippen LogP contribution in [0, 0.1) is 13.8 Å². The molecule has 0 amide bonds. The number of hydrogen-bond donors (Lipinski definition) is 1. The maximum Gasteiger partial charge on any atom is 0.119 e. The van der Waals surface area contributed by atoms with Crippen molar-refractivity contribution in [1.82, 2.24) is 4.57 Å². The van der Waals surface area contributed by atoms with E-state index in [9.17, 15) is 0 Å². The third kappa shape index (κ3) is 2.15. The average Bonchev–Trinajstić information content (AvgIpc) is 2.64. The molecule has 0 spiro atoms. The molecular weight excluding hydrogens is 212 g/mol. The van der Waals surface area contributed by atoms with Crippen LogP contribution < -0.4 is 10.5 Å². The molecule has 1 aromatic heterocycles. The summed E-state index contributed by atoms with van der Waals surface area (Å²) in [6.07, 6.45) is 3.21. The highest BCUT2D eigenvalue weighted by Crippen LogP contribution is 2.29. The molecular formula is C14H20N2O. The van der Waals surface area contributed by atoms with Gasteiger partial charge in [0, 0.05) is 18.1 Å². The van der Waals surface area contributed by atoms with Gasteiger partial charge in [-0.25, -0.2) is 0 Å². The van der Waals surface area contributed by atoms with E-state index in [4.69, 9.17) is 10.5 Å². The molecule has 0 radical (unpaired) electrons. The second kappa shape index (κ2) is 4.80. The fourth-order valence-electron chi connectivity index (χ4n) is 2.35. The molecule has 3 heteroatoms. The molecule has 0 fully saturated rings. The van der Waals surface area contributed by atoms with Gasteiger partial charge < -0.3 is 15.0 Å². The van der Waals surface area contributed by atoms with E-state index in [0.717, 1.165) is 25.3 Å². The van der Waals surface area contributed by atoms with Crippen molar-refractivity contribution in [1.29, 1.82) is 0 Å². The molecule has 1 aromatic carbocycles. The van der Waals surface area contributed by atoms with Gasteiger partial charge in [0.25, 0.3) is 0 Å². The summed E-state index contributed by atoms with van der Waals surface area (Å²) in [5, 5.41) is 1.28. The van der Waals surface area contributed by atoms with Crippen LogP contribution in [0.25, 0.3) is 10.9 Å². The minimum Gasteiger partial charge on any atom is -0.497 e. The predicted molar refractivity (Wildman–Crippen MR) is 71.6 cm³/mol. The van der Waals surface area contributed by atoms with Crippen LogP contribution in [-0.2, 0) is 6.54 Å². The molecule has 0 bridgehead atoms. The maximum atomic E-state index is 5.58. The Hall–Kier alpha value is -1.48. The number of benzene rings is 1. The lowest BCUT2D eigenvalue weighted by Crippen LogP contribution is -2.05. The summed E-state index contributed by atoms with van der Waals surface area (Å²) in [5.41, 5.74) is 9.43. The first-order valence-corrected chi connectivity index (χ1v) is 6.01. The summed E-state index contributed by atoms with van der Waals surface area (Å²) >= 11 is 0.